The molecule has 0 spiro atoms. The van der Waals surface area contributed by atoms with Crippen molar-refractivity contribution >= 4 is 11.8 Å². The first kappa shape index (κ1) is 17.8. The van der Waals surface area contributed by atoms with Crippen LogP contribution >= 0.6 is 0 Å². The largest absolute Gasteiger partial charge is 0.494 e. The molecule has 2 aromatic rings. The summed E-state index contributed by atoms with van der Waals surface area (Å²) >= 11 is 0. The quantitative estimate of drug-likeness (QED) is 0.652. The molecule has 1 unspecified atom stereocenters. The highest BCUT2D eigenvalue weighted by Crippen LogP contribution is 2.18. The first-order valence-electron chi connectivity index (χ1n) is 8.22. The fourth-order valence-electron chi connectivity index (χ4n) is 2.48. The van der Waals surface area contributed by atoms with Gasteiger partial charge < -0.3 is 15.2 Å². The summed E-state index contributed by atoms with van der Waals surface area (Å²) in [5.74, 6) is 1.05. The minimum absolute atomic E-state index is 0.111. The van der Waals surface area contributed by atoms with E-state index in [4.69, 9.17) is 9.84 Å². The number of hydrogen-bond acceptors (Lipinski definition) is 4. The van der Waals surface area contributed by atoms with Crippen LogP contribution in [0.3, 0.4) is 0 Å². The molecule has 2 N–H and O–H groups in total. The number of rotatable bonds is 10. The van der Waals surface area contributed by atoms with Gasteiger partial charge in [0.1, 0.15) is 11.6 Å². The summed E-state index contributed by atoms with van der Waals surface area (Å²) in [5, 5.41) is 12.1. The fourth-order valence-corrected chi connectivity index (χ4v) is 2.48. The Morgan fingerprint density at radius 3 is 2.92 bits per heavy atom. The molecule has 1 aromatic heterocycles. The Hall–Kier alpha value is -2.56. The van der Waals surface area contributed by atoms with E-state index in [-0.39, 0.29) is 12.3 Å². The van der Waals surface area contributed by atoms with Gasteiger partial charge in [-0.3, -0.25) is 4.79 Å². The number of pyridine rings is 1. The Morgan fingerprint density at radius 1 is 1.29 bits per heavy atom. The third-order valence-electron chi connectivity index (χ3n) is 3.57. The van der Waals surface area contributed by atoms with Crippen molar-refractivity contribution in [2.24, 2.45) is 5.92 Å². The topological polar surface area (TPSA) is 71.5 Å². The number of carboxylic acid groups (broad SMARTS) is 1. The normalized spacial score (nSPS) is 11.7. The molecule has 128 valence electrons. The van der Waals surface area contributed by atoms with E-state index < -0.39 is 5.97 Å². The van der Waals surface area contributed by atoms with E-state index in [0.717, 1.165) is 36.5 Å². The van der Waals surface area contributed by atoms with Gasteiger partial charge in [0, 0.05) is 19.2 Å². The number of nitrogens with zero attached hydrogens (tertiary/aromatic N) is 1. The third-order valence-corrected chi connectivity index (χ3v) is 3.57. The number of nitrogens with one attached hydrogen (secondary N) is 1. The zero-order chi connectivity index (χ0) is 17.2. The molecule has 0 aliphatic carbocycles. The zero-order valence-corrected chi connectivity index (χ0v) is 13.9. The van der Waals surface area contributed by atoms with Gasteiger partial charge >= 0.3 is 5.97 Å². The van der Waals surface area contributed by atoms with E-state index in [1.807, 2.05) is 49.4 Å². The number of aliphatic carboxylic acids is 1. The van der Waals surface area contributed by atoms with E-state index in [1.165, 1.54) is 0 Å². The first-order valence-corrected chi connectivity index (χ1v) is 8.22. The fraction of sp³-hybridized carbons (Fsp3) is 0.368. The summed E-state index contributed by atoms with van der Waals surface area (Å²) in [6.45, 7) is 3.37. The highest BCUT2D eigenvalue weighted by Gasteiger charge is 2.09. The molecule has 5 nitrogen and oxygen atoms in total. The van der Waals surface area contributed by atoms with E-state index in [0.29, 0.717) is 6.61 Å². The van der Waals surface area contributed by atoms with Crippen molar-refractivity contribution in [3.63, 3.8) is 0 Å². The Kier molecular flexibility index (Phi) is 7.08. The van der Waals surface area contributed by atoms with E-state index in [9.17, 15) is 4.79 Å². The number of aromatic nitrogens is 1. The summed E-state index contributed by atoms with van der Waals surface area (Å²) in [5.41, 5.74) is 1.10. The molecule has 0 saturated carbocycles. The van der Waals surface area contributed by atoms with Crippen molar-refractivity contribution < 1.29 is 14.6 Å². The SMILES string of the molecule is CC(CC(=O)O)Cc1cccc(OCCCNc2ccccn2)c1. The van der Waals surface area contributed by atoms with Gasteiger partial charge in [-0.05, 0) is 48.6 Å². The maximum absolute atomic E-state index is 10.7. The predicted octanol–water partition coefficient (Wildman–Crippen LogP) is 3.62. The number of hydrogen-bond donors (Lipinski definition) is 2. The summed E-state index contributed by atoms with van der Waals surface area (Å²) in [4.78, 5) is 14.9. The van der Waals surface area contributed by atoms with Crippen LogP contribution in [0.2, 0.25) is 0 Å². The minimum Gasteiger partial charge on any atom is -0.494 e. The van der Waals surface area contributed by atoms with Gasteiger partial charge in [-0.2, -0.15) is 0 Å². The molecular formula is C19H24N2O3. The van der Waals surface area contributed by atoms with Crippen LogP contribution in [-0.4, -0.2) is 29.2 Å². The number of ether oxygens (including phenoxy) is 1. The average Bonchev–Trinajstić information content (AvgIpc) is 2.55. The molecule has 0 saturated heterocycles. The lowest BCUT2D eigenvalue weighted by atomic mass is 9.98. The first-order chi connectivity index (χ1) is 11.6. The number of carbonyl (C=O) groups is 1. The Bertz CT molecular complexity index is 632. The molecule has 1 atom stereocenters. The monoisotopic (exact) mass is 328 g/mol. The van der Waals surface area contributed by atoms with Crippen molar-refractivity contribution in [1.82, 2.24) is 4.98 Å². The lowest BCUT2D eigenvalue weighted by molar-refractivity contribution is -0.137. The van der Waals surface area contributed by atoms with Gasteiger partial charge in [0.25, 0.3) is 0 Å². The van der Waals surface area contributed by atoms with E-state index >= 15 is 0 Å². The van der Waals surface area contributed by atoms with Crippen LogP contribution in [0.15, 0.2) is 48.7 Å². The molecule has 0 radical (unpaired) electrons. The molecule has 0 bridgehead atoms. The van der Waals surface area contributed by atoms with Crippen LogP contribution in [0.25, 0.3) is 0 Å². The number of anilines is 1. The number of carboxylic acids is 1. The van der Waals surface area contributed by atoms with Gasteiger partial charge in [-0.15, -0.1) is 0 Å². The minimum atomic E-state index is -0.754. The molecule has 1 heterocycles. The summed E-state index contributed by atoms with van der Waals surface area (Å²) in [6.07, 6.45) is 3.56. The van der Waals surface area contributed by atoms with Crippen molar-refractivity contribution in [3.05, 3.63) is 54.2 Å². The van der Waals surface area contributed by atoms with Crippen LogP contribution in [0.4, 0.5) is 5.82 Å². The maximum Gasteiger partial charge on any atom is 0.303 e. The van der Waals surface area contributed by atoms with Crippen molar-refractivity contribution in [1.29, 1.82) is 0 Å². The lowest BCUT2D eigenvalue weighted by Gasteiger charge is -2.11. The molecule has 24 heavy (non-hydrogen) atoms. The Labute approximate surface area is 142 Å². The molecule has 0 amide bonds. The zero-order valence-electron chi connectivity index (χ0n) is 13.9. The molecule has 2 rings (SSSR count). The van der Waals surface area contributed by atoms with Crippen LogP contribution in [0.1, 0.15) is 25.3 Å². The van der Waals surface area contributed by atoms with Crippen LogP contribution < -0.4 is 10.1 Å². The molecular weight excluding hydrogens is 304 g/mol. The van der Waals surface area contributed by atoms with Gasteiger partial charge in [0.15, 0.2) is 0 Å². The highest BCUT2D eigenvalue weighted by molar-refractivity contribution is 5.67. The van der Waals surface area contributed by atoms with E-state index in [1.54, 1.807) is 6.20 Å². The van der Waals surface area contributed by atoms with Gasteiger partial charge in [-0.1, -0.05) is 25.1 Å². The third kappa shape index (κ3) is 6.69. The highest BCUT2D eigenvalue weighted by atomic mass is 16.5. The van der Waals surface area contributed by atoms with E-state index in [2.05, 4.69) is 10.3 Å². The van der Waals surface area contributed by atoms with Crippen molar-refractivity contribution in [2.75, 3.05) is 18.5 Å². The Balaban J connectivity index is 1.71. The van der Waals surface area contributed by atoms with Gasteiger partial charge in [-0.25, -0.2) is 4.98 Å². The van der Waals surface area contributed by atoms with Crippen molar-refractivity contribution in [2.45, 2.75) is 26.2 Å². The smallest absolute Gasteiger partial charge is 0.303 e. The van der Waals surface area contributed by atoms with Crippen LogP contribution in [0.5, 0.6) is 5.75 Å². The second-order valence-electron chi connectivity index (χ2n) is 5.90. The standard InChI is InChI=1S/C19H24N2O3/c1-15(13-19(22)23)12-16-6-4-7-17(14-16)24-11-5-10-21-18-8-2-3-9-20-18/h2-4,6-9,14-15H,5,10-13H2,1H3,(H,20,21)(H,22,23). The van der Waals surface area contributed by atoms with Gasteiger partial charge in [0.05, 0.1) is 6.61 Å². The summed E-state index contributed by atoms with van der Waals surface area (Å²) in [7, 11) is 0. The average molecular weight is 328 g/mol. The molecule has 1 aromatic carbocycles. The molecule has 5 heteroatoms. The molecule has 0 aliphatic heterocycles. The van der Waals surface area contributed by atoms with Crippen LogP contribution in [-0.2, 0) is 11.2 Å². The van der Waals surface area contributed by atoms with Crippen molar-refractivity contribution in [3.8, 4) is 5.75 Å². The van der Waals surface area contributed by atoms with Gasteiger partial charge in [0.2, 0.25) is 0 Å². The summed E-state index contributed by atoms with van der Waals surface area (Å²) in [6, 6.07) is 13.6. The Morgan fingerprint density at radius 2 is 2.17 bits per heavy atom. The number of benzene rings is 1. The second kappa shape index (κ2) is 9.55. The second-order valence-corrected chi connectivity index (χ2v) is 5.90. The molecule has 0 fully saturated rings. The molecule has 0 aliphatic rings. The predicted molar refractivity (Wildman–Crippen MR) is 94.4 cm³/mol. The maximum atomic E-state index is 10.7. The van der Waals surface area contributed by atoms with Crippen LogP contribution in [0, 0.1) is 5.92 Å². The summed E-state index contributed by atoms with van der Waals surface area (Å²) < 4.78 is 5.77. The lowest BCUT2D eigenvalue weighted by Crippen LogP contribution is -2.09.